The first-order valence-corrected chi connectivity index (χ1v) is 8.60. The number of nitrogens with zero attached hydrogens (tertiary/aromatic N) is 3. The second-order valence-corrected chi connectivity index (χ2v) is 5.98. The molecule has 0 bridgehead atoms. The average Bonchev–Trinajstić information content (AvgIpc) is 3.11. The maximum absolute atomic E-state index is 12.0. The number of unbranched alkanes of at least 4 members (excludes halogenated alkanes) is 2. The predicted octanol–water partition coefficient (Wildman–Crippen LogP) is 4.05. The second-order valence-electron chi connectivity index (χ2n) is 5.98. The number of benzene rings is 1. The van der Waals surface area contributed by atoms with Crippen LogP contribution in [-0.2, 0) is 17.6 Å². The Hall–Kier alpha value is -2.82. The molecule has 0 aliphatic carbocycles. The van der Waals surface area contributed by atoms with E-state index in [0.717, 1.165) is 25.7 Å². The minimum Gasteiger partial charge on any atom is -0.419 e. The van der Waals surface area contributed by atoms with Crippen LogP contribution in [-0.4, -0.2) is 21.0 Å². The molecule has 3 aromatic rings. The van der Waals surface area contributed by atoms with Crippen LogP contribution in [0.5, 0.6) is 0 Å². The minimum absolute atomic E-state index is 0.135. The van der Waals surface area contributed by atoms with Crippen molar-refractivity contribution in [2.45, 2.75) is 38.5 Å². The lowest BCUT2D eigenvalue weighted by molar-refractivity contribution is -0.118. The van der Waals surface area contributed by atoms with Gasteiger partial charge in [-0.3, -0.25) is 9.78 Å². The van der Waals surface area contributed by atoms with Gasteiger partial charge in [-0.2, -0.15) is 0 Å². The van der Waals surface area contributed by atoms with Gasteiger partial charge in [0.2, 0.25) is 5.89 Å². The molecule has 2 heterocycles. The third-order valence-corrected chi connectivity index (χ3v) is 3.96. The summed E-state index contributed by atoms with van der Waals surface area (Å²) in [6, 6.07) is 15.9. The molecule has 0 aliphatic rings. The summed E-state index contributed by atoms with van der Waals surface area (Å²) in [4.78, 5) is 16.2. The van der Waals surface area contributed by atoms with Gasteiger partial charge in [-0.1, -0.05) is 42.8 Å². The smallest absolute Gasteiger partial charge is 0.266 e. The molecule has 0 spiro atoms. The number of carbonyl (C=O) groups is 1. The normalized spacial score (nSPS) is 10.7. The Labute approximate surface area is 147 Å². The summed E-state index contributed by atoms with van der Waals surface area (Å²) in [6.45, 7) is 0. The Morgan fingerprint density at radius 2 is 1.76 bits per heavy atom. The number of aromatic nitrogens is 3. The molecule has 2 aromatic heterocycles. The van der Waals surface area contributed by atoms with Gasteiger partial charge < -0.3 is 4.42 Å². The third kappa shape index (κ3) is 5.35. The van der Waals surface area contributed by atoms with E-state index in [1.807, 2.05) is 18.2 Å². The first kappa shape index (κ1) is 17.0. The Bertz CT molecular complexity index is 785. The molecular formula is C20H21N3O2. The fourth-order valence-electron chi connectivity index (χ4n) is 2.65. The maximum Gasteiger partial charge on any atom is 0.266 e. The van der Waals surface area contributed by atoms with Crippen LogP contribution in [0.3, 0.4) is 0 Å². The van der Waals surface area contributed by atoms with E-state index in [9.17, 15) is 4.79 Å². The number of carbonyl (C=O) groups excluding carboxylic acids is 1. The first-order valence-electron chi connectivity index (χ1n) is 8.60. The highest BCUT2D eigenvalue weighted by molar-refractivity contribution is 5.79. The third-order valence-electron chi connectivity index (χ3n) is 3.96. The highest BCUT2D eigenvalue weighted by Crippen LogP contribution is 2.15. The first-order chi connectivity index (χ1) is 12.3. The Morgan fingerprint density at radius 3 is 2.56 bits per heavy atom. The lowest BCUT2D eigenvalue weighted by atomic mass is 10.0. The number of pyridine rings is 1. The van der Waals surface area contributed by atoms with Gasteiger partial charge in [0.1, 0.15) is 11.5 Å². The van der Waals surface area contributed by atoms with Crippen molar-refractivity contribution in [3.8, 4) is 11.6 Å². The Balaban J connectivity index is 1.37. The van der Waals surface area contributed by atoms with Crippen LogP contribution in [0, 0.1) is 0 Å². The molecule has 0 N–H and O–H groups in total. The Kier molecular flexibility index (Phi) is 6.04. The van der Waals surface area contributed by atoms with Gasteiger partial charge in [-0.05, 0) is 37.0 Å². The van der Waals surface area contributed by atoms with E-state index in [2.05, 4.69) is 39.4 Å². The van der Waals surface area contributed by atoms with Crippen molar-refractivity contribution < 1.29 is 9.21 Å². The lowest BCUT2D eigenvalue weighted by Crippen LogP contribution is -2.03. The topological polar surface area (TPSA) is 68.9 Å². The molecule has 128 valence electrons. The molecule has 0 saturated heterocycles. The van der Waals surface area contributed by atoms with Crippen molar-refractivity contribution in [3.63, 3.8) is 0 Å². The van der Waals surface area contributed by atoms with Crippen molar-refractivity contribution in [1.29, 1.82) is 0 Å². The van der Waals surface area contributed by atoms with Crippen molar-refractivity contribution >= 4 is 5.78 Å². The second kappa shape index (κ2) is 8.87. The van der Waals surface area contributed by atoms with Crippen LogP contribution < -0.4 is 0 Å². The Morgan fingerprint density at radius 1 is 0.920 bits per heavy atom. The van der Waals surface area contributed by atoms with Gasteiger partial charge in [0.25, 0.3) is 5.89 Å². The van der Waals surface area contributed by atoms with Crippen molar-refractivity contribution in [1.82, 2.24) is 15.2 Å². The van der Waals surface area contributed by atoms with E-state index in [1.165, 1.54) is 5.56 Å². The van der Waals surface area contributed by atoms with Gasteiger partial charge in [-0.25, -0.2) is 0 Å². The zero-order valence-corrected chi connectivity index (χ0v) is 14.1. The zero-order chi connectivity index (χ0) is 17.3. The number of rotatable bonds is 9. The van der Waals surface area contributed by atoms with Crippen LogP contribution in [0.25, 0.3) is 11.6 Å². The molecule has 0 saturated carbocycles. The van der Waals surface area contributed by atoms with Crippen LogP contribution in [0.15, 0.2) is 59.1 Å². The summed E-state index contributed by atoms with van der Waals surface area (Å²) in [5, 5.41) is 7.89. The molecular weight excluding hydrogens is 314 g/mol. The van der Waals surface area contributed by atoms with Gasteiger partial charge in [0, 0.05) is 12.6 Å². The molecule has 0 amide bonds. The molecule has 5 nitrogen and oxygen atoms in total. The highest BCUT2D eigenvalue weighted by atomic mass is 16.4. The molecule has 0 fully saturated rings. The van der Waals surface area contributed by atoms with Crippen LogP contribution in [0.4, 0.5) is 0 Å². The molecule has 0 atom stereocenters. The summed E-state index contributed by atoms with van der Waals surface area (Å²) < 4.78 is 5.52. The van der Waals surface area contributed by atoms with Crippen LogP contribution in [0.1, 0.15) is 37.1 Å². The summed E-state index contributed by atoms with van der Waals surface area (Å²) in [5.74, 6) is 0.845. The van der Waals surface area contributed by atoms with Crippen molar-refractivity contribution in [2.75, 3.05) is 0 Å². The fourth-order valence-corrected chi connectivity index (χ4v) is 2.65. The van der Waals surface area contributed by atoms with Crippen molar-refractivity contribution in [2.24, 2.45) is 0 Å². The minimum atomic E-state index is 0.135. The predicted molar refractivity (Wildman–Crippen MR) is 94.9 cm³/mol. The van der Waals surface area contributed by atoms with Gasteiger partial charge in [0.15, 0.2) is 0 Å². The number of Topliss-reactive ketones (excluding diaryl/α,β-unsaturated/α-hetero) is 1. The molecule has 25 heavy (non-hydrogen) atoms. The summed E-state index contributed by atoms with van der Waals surface area (Å²) >= 11 is 0. The van der Waals surface area contributed by atoms with Crippen LogP contribution >= 0.6 is 0 Å². The fraction of sp³-hybridized carbons (Fsp3) is 0.300. The standard InChI is InChI=1S/C20H21N3O2/c24-17(12-6-2-5-11-16-9-3-1-4-10-16)15-19-22-23-20(25-19)18-13-7-8-14-21-18/h1,3-4,7-10,13-14H,2,5-6,11-12,15H2. The SMILES string of the molecule is O=C(CCCCCc1ccccc1)Cc1nnc(-c2ccccn2)o1. The molecule has 3 rings (SSSR count). The average molecular weight is 335 g/mol. The van der Waals surface area contributed by atoms with E-state index in [1.54, 1.807) is 12.3 Å². The summed E-state index contributed by atoms with van der Waals surface area (Å²) in [6.07, 6.45) is 6.51. The largest absolute Gasteiger partial charge is 0.419 e. The molecule has 0 aliphatic heterocycles. The van der Waals surface area contributed by atoms with Gasteiger partial charge in [-0.15, -0.1) is 10.2 Å². The lowest BCUT2D eigenvalue weighted by Gasteiger charge is -2.01. The van der Waals surface area contributed by atoms with Gasteiger partial charge >= 0.3 is 0 Å². The number of hydrogen-bond acceptors (Lipinski definition) is 5. The van der Waals surface area contributed by atoms with E-state index < -0.39 is 0 Å². The summed E-state index contributed by atoms with van der Waals surface area (Å²) in [5.41, 5.74) is 1.97. The van der Waals surface area contributed by atoms with E-state index in [-0.39, 0.29) is 12.2 Å². The van der Waals surface area contributed by atoms with E-state index >= 15 is 0 Å². The molecule has 0 radical (unpaired) electrons. The molecule has 0 unspecified atom stereocenters. The monoisotopic (exact) mass is 335 g/mol. The van der Waals surface area contributed by atoms with E-state index in [0.29, 0.717) is 23.9 Å². The van der Waals surface area contributed by atoms with E-state index in [4.69, 9.17) is 4.42 Å². The number of hydrogen-bond donors (Lipinski definition) is 0. The highest BCUT2D eigenvalue weighted by Gasteiger charge is 2.12. The summed E-state index contributed by atoms with van der Waals surface area (Å²) in [7, 11) is 0. The molecule has 1 aromatic carbocycles. The zero-order valence-electron chi connectivity index (χ0n) is 14.1. The van der Waals surface area contributed by atoms with Crippen molar-refractivity contribution in [3.05, 3.63) is 66.2 Å². The van der Waals surface area contributed by atoms with Gasteiger partial charge in [0.05, 0.1) is 6.42 Å². The van der Waals surface area contributed by atoms with Crippen LogP contribution in [0.2, 0.25) is 0 Å². The molecule has 5 heteroatoms. The number of ketones is 1. The maximum atomic E-state index is 12.0. The quantitative estimate of drug-likeness (QED) is 0.552. The number of aryl methyl sites for hydroxylation is 1.